The number of rotatable bonds is 6. The van der Waals surface area contributed by atoms with Crippen molar-refractivity contribution >= 4 is 34.4 Å². The molecule has 0 atom stereocenters. The summed E-state index contributed by atoms with van der Waals surface area (Å²) >= 11 is 0. The summed E-state index contributed by atoms with van der Waals surface area (Å²) in [5.74, 6) is -0.493. The summed E-state index contributed by atoms with van der Waals surface area (Å²) in [6, 6.07) is 18.9. The number of nitrogens with zero attached hydrogens (tertiary/aromatic N) is 3. The van der Waals surface area contributed by atoms with E-state index in [0.29, 0.717) is 5.56 Å². The lowest BCUT2D eigenvalue weighted by atomic mass is 10.1. The molecule has 2 aromatic carbocycles. The van der Waals surface area contributed by atoms with E-state index >= 15 is 0 Å². The Hall–Kier alpha value is -3.87. The van der Waals surface area contributed by atoms with Crippen LogP contribution >= 0.6 is 0 Å². The number of methoxy groups -OCH3 is 1. The van der Waals surface area contributed by atoms with Crippen molar-refractivity contribution in [3.05, 3.63) is 78.6 Å². The molecule has 0 unspecified atom stereocenters. The Bertz CT molecular complexity index is 997. The van der Waals surface area contributed by atoms with Gasteiger partial charge in [-0.15, -0.1) is 0 Å². The number of hydrogen-bond acceptors (Lipinski definition) is 6. The summed E-state index contributed by atoms with van der Waals surface area (Å²) in [7, 11) is 5.04. The summed E-state index contributed by atoms with van der Waals surface area (Å²) in [6.45, 7) is 0. The van der Waals surface area contributed by atoms with Gasteiger partial charge in [-0.1, -0.05) is 0 Å². The van der Waals surface area contributed by atoms with Crippen LogP contribution in [-0.2, 0) is 16.6 Å². The molecule has 0 aliphatic carbocycles. The van der Waals surface area contributed by atoms with Crippen LogP contribution in [0, 0.1) is 0 Å². The number of nitrogens with one attached hydrogen (secondary N) is 1. The molecule has 0 aliphatic heterocycles. The van der Waals surface area contributed by atoms with Crippen LogP contribution in [0.15, 0.2) is 78.2 Å². The first-order valence-electron chi connectivity index (χ1n) is 9.05. The highest BCUT2D eigenvalue weighted by Gasteiger charge is 2.17. The average molecular weight is 390 g/mol. The van der Waals surface area contributed by atoms with Crippen molar-refractivity contribution in [2.75, 3.05) is 30.2 Å². The Kier molecular flexibility index (Phi) is 6.09. The van der Waals surface area contributed by atoms with Crippen LogP contribution in [0.2, 0.25) is 0 Å². The van der Waals surface area contributed by atoms with Crippen LogP contribution in [0.25, 0.3) is 0 Å². The summed E-state index contributed by atoms with van der Waals surface area (Å²) in [5, 5.41) is 9.43. The number of aromatic nitrogens is 1. The van der Waals surface area contributed by atoms with E-state index in [-0.39, 0.29) is 5.71 Å². The van der Waals surface area contributed by atoms with E-state index in [1.54, 1.807) is 12.1 Å². The van der Waals surface area contributed by atoms with E-state index in [1.165, 1.54) is 7.11 Å². The van der Waals surface area contributed by atoms with Gasteiger partial charge in [0.2, 0.25) is 0 Å². The predicted molar refractivity (Wildman–Crippen MR) is 115 cm³/mol. The second-order valence-electron chi connectivity index (χ2n) is 6.51. The second-order valence-corrected chi connectivity index (χ2v) is 6.51. The molecule has 7 heteroatoms. The van der Waals surface area contributed by atoms with E-state index < -0.39 is 5.97 Å². The molecule has 1 heterocycles. The summed E-state index contributed by atoms with van der Waals surface area (Å²) in [4.78, 5) is 12.2. The lowest BCUT2D eigenvalue weighted by Crippen LogP contribution is -2.28. The van der Waals surface area contributed by atoms with Gasteiger partial charge >= 0.3 is 5.97 Å². The zero-order chi connectivity index (χ0) is 20.8. The van der Waals surface area contributed by atoms with Crippen LogP contribution in [-0.4, -0.2) is 25.8 Å². The van der Waals surface area contributed by atoms with Crippen LogP contribution in [0.1, 0.15) is 5.56 Å². The molecule has 0 amide bonds. The Morgan fingerprint density at radius 3 is 2.10 bits per heavy atom. The number of hydrazone groups is 1. The quantitative estimate of drug-likeness (QED) is 0.222. The van der Waals surface area contributed by atoms with Crippen LogP contribution in [0.3, 0.4) is 0 Å². The first-order valence-corrected chi connectivity index (χ1v) is 9.05. The molecular weight excluding hydrogens is 366 g/mol. The monoisotopic (exact) mass is 390 g/mol. The molecule has 0 saturated carbocycles. The minimum Gasteiger partial charge on any atom is -0.464 e. The number of anilines is 4. The zero-order valence-electron chi connectivity index (χ0n) is 16.7. The number of nitrogens with two attached hydrogens (primary N) is 1. The average Bonchev–Trinajstić information content (AvgIpc) is 2.74. The van der Waals surface area contributed by atoms with Crippen molar-refractivity contribution in [3.8, 4) is 0 Å². The van der Waals surface area contributed by atoms with Crippen molar-refractivity contribution in [2.24, 2.45) is 12.1 Å². The minimum atomic E-state index is -0.493. The minimum absolute atomic E-state index is 0.236. The summed E-state index contributed by atoms with van der Waals surface area (Å²) in [5.41, 5.74) is 10.1. The molecule has 0 spiro atoms. The van der Waals surface area contributed by atoms with Gasteiger partial charge in [0.1, 0.15) is 7.05 Å². The van der Waals surface area contributed by atoms with Crippen LogP contribution in [0.4, 0.5) is 22.7 Å². The number of pyridine rings is 1. The standard InChI is InChI=1S/C22H23N5O2/c1-26-14-12-16(13-15-26)21(22(28)29-3)25-27(2)20-10-8-19(9-11-20)24-18-6-4-17(23)5-7-18/h4-15,23,25H,1-3H3/p+1. The third-order valence-electron chi connectivity index (χ3n) is 4.32. The molecule has 7 nitrogen and oxygen atoms in total. The number of aryl methyl sites for hydroxylation is 1. The Labute approximate surface area is 170 Å². The van der Waals surface area contributed by atoms with Gasteiger partial charge in [0.05, 0.1) is 12.8 Å². The number of hydrogen-bond donors (Lipinski definition) is 2. The van der Waals surface area contributed by atoms with Gasteiger partial charge < -0.3 is 15.8 Å². The van der Waals surface area contributed by atoms with Crippen LogP contribution < -0.4 is 20.6 Å². The highest BCUT2D eigenvalue weighted by Crippen LogP contribution is 2.22. The highest BCUT2D eigenvalue weighted by molar-refractivity contribution is 6.43. The third kappa shape index (κ3) is 5.10. The normalized spacial score (nSPS) is 11.1. The number of esters is 1. The van der Waals surface area contributed by atoms with E-state index in [2.05, 4.69) is 10.4 Å². The molecule has 0 radical (unpaired) electrons. The van der Waals surface area contributed by atoms with Gasteiger partial charge in [-0.3, -0.25) is 5.01 Å². The first-order chi connectivity index (χ1) is 14.0. The lowest BCUT2D eigenvalue weighted by molar-refractivity contribution is -0.671. The number of ether oxygens (including phenoxy) is 1. The van der Waals surface area contributed by atoms with Gasteiger partial charge in [0, 0.05) is 41.8 Å². The van der Waals surface area contributed by atoms with Gasteiger partial charge in [0.15, 0.2) is 18.1 Å². The van der Waals surface area contributed by atoms with Crippen molar-refractivity contribution in [1.29, 1.82) is 0 Å². The van der Waals surface area contributed by atoms with Crippen molar-refractivity contribution in [3.63, 3.8) is 0 Å². The summed E-state index contributed by atoms with van der Waals surface area (Å²) in [6.07, 6.45) is 3.71. The maximum absolute atomic E-state index is 12.2. The van der Waals surface area contributed by atoms with E-state index in [4.69, 9.17) is 10.5 Å². The molecule has 3 N–H and O–H groups in total. The van der Waals surface area contributed by atoms with Gasteiger partial charge in [0.25, 0.3) is 0 Å². The predicted octanol–water partition coefficient (Wildman–Crippen LogP) is 2.85. The SMILES string of the molecule is COC(=O)/C(=N\N(C)c1ccc(Nc2ccc(N)cc2)cc1)c1cc[n+](C)cc1. The van der Waals surface area contributed by atoms with Gasteiger partial charge in [-0.05, 0) is 48.5 Å². The third-order valence-corrected chi connectivity index (χ3v) is 4.32. The molecule has 0 aliphatic rings. The largest absolute Gasteiger partial charge is 0.464 e. The lowest BCUT2D eigenvalue weighted by Gasteiger charge is -2.16. The highest BCUT2D eigenvalue weighted by atomic mass is 16.5. The second kappa shape index (κ2) is 8.88. The molecule has 0 fully saturated rings. The maximum atomic E-state index is 12.2. The smallest absolute Gasteiger partial charge is 0.359 e. The fraction of sp³-hybridized carbons (Fsp3) is 0.136. The first kappa shape index (κ1) is 19.9. The number of nitrogen functional groups attached to an aromatic ring is 1. The number of carbonyl (C=O) groups is 1. The Balaban J connectivity index is 1.80. The molecule has 3 aromatic rings. The summed E-state index contributed by atoms with van der Waals surface area (Å²) < 4.78 is 6.79. The van der Waals surface area contributed by atoms with Crippen molar-refractivity contribution < 1.29 is 14.1 Å². The van der Waals surface area contributed by atoms with Gasteiger partial charge in [-0.2, -0.15) is 5.10 Å². The fourth-order valence-corrected chi connectivity index (χ4v) is 2.67. The molecule has 1 aromatic heterocycles. The molecule has 29 heavy (non-hydrogen) atoms. The van der Waals surface area contributed by atoms with Crippen LogP contribution in [0.5, 0.6) is 0 Å². The number of carbonyl (C=O) groups excluding carboxylic acids is 1. The van der Waals surface area contributed by atoms with Crippen molar-refractivity contribution in [2.45, 2.75) is 0 Å². The Morgan fingerprint density at radius 1 is 1.00 bits per heavy atom. The molecule has 0 saturated heterocycles. The molecular formula is C22H24N5O2+. The molecule has 0 bridgehead atoms. The molecule has 148 valence electrons. The van der Waals surface area contributed by atoms with E-state index in [0.717, 1.165) is 22.7 Å². The van der Waals surface area contributed by atoms with Crippen molar-refractivity contribution in [1.82, 2.24) is 0 Å². The van der Waals surface area contributed by atoms with E-state index in [9.17, 15) is 4.79 Å². The number of benzene rings is 2. The topological polar surface area (TPSA) is 83.8 Å². The Morgan fingerprint density at radius 2 is 1.55 bits per heavy atom. The zero-order valence-corrected chi connectivity index (χ0v) is 16.7. The fourth-order valence-electron chi connectivity index (χ4n) is 2.67. The molecule has 3 rings (SSSR count). The maximum Gasteiger partial charge on any atom is 0.359 e. The van der Waals surface area contributed by atoms with E-state index in [1.807, 2.05) is 84.7 Å². The van der Waals surface area contributed by atoms with Gasteiger partial charge in [-0.25, -0.2) is 9.36 Å².